The fraction of sp³-hybridized carbons (Fsp3) is 1.00. The van der Waals surface area contributed by atoms with E-state index >= 15 is 0 Å². The normalized spacial score (nSPS) is 14.3. The maximum absolute atomic E-state index is 11.9. The van der Waals surface area contributed by atoms with Crippen LogP contribution in [-0.4, -0.2) is 68.3 Å². The molecule has 18 heavy (non-hydrogen) atoms. The first-order valence-corrected chi connectivity index (χ1v) is 3.71. The number of ether oxygens (including phenoxy) is 1. The molecule has 2 nitrogen and oxygen atoms in total. The summed E-state index contributed by atoms with van der Waals surface area (Å²) < 4.78 is 109. The van der Waals surface area contributed by atoms with Gasteiger partial charge in [0.1, 0.15) is 6.61 Å². The number of rotatable bonds is 3. The molecule has 0 saturated heterocycles. The zero-order chi connectivity index (χ0) is 14.1. The van der Waals surface area contributed by atoms with Crippen molar-refractivity contribution in [3.8, 4) is 0 Å². The quantitative estimate of drug-likeness (QED) is 0.742. The summed E-state index contributed by atoms with van der Waals surface area (Å²) in [5.41, 5.74) is -5.33. The Balaban J connectivity index is 0. The van der Waals surface area contributed by atoms with Gasteiger partial charge in [-0.2, -0.15) is 39.5 Å². The SMILES string of the molecule is OC(COCC(F)(F)F)(C(F)(F)F)C(F)(F)F.[In]. The van der Waals surface area contributed by atoms with Crippen LogP contribution in [0.1, 0.15) is 0 Å². The first-order chi connectivity index (χ1) is 7.21. The van der Waals surface area contributed by atoms with Crippen molar-refractivity contribution < 1.29 is 49.4 Å². The number of hydrogen-bond donors (Lipinski definition) is 1. The van der Waals surface area contributed by atoms with Crippen LogP contribution in [0.3, 0.4) is 0 Å². The van der Waals surface area contributed by atoms with Crippen molar-refractivity contribution in [2.75, 3.05) is 13.2 Å². The van der Waals surface area contributed by atoms with Gasteiger partial charge in [-0.3, -0.25) is 0 Å². The van der Waals surface area contributed by atoms with E-state index in [-0.39, 0.29) is 25.8 Å². The van der Waals surface area contributed by atoms with E-state index in [1.165, 1.54) is 0 Å². The van der Waals surface area contributed by atoms with Crippen LogP contribution in [0.25, 0.3) is 0 Å². The van der Waals surface area contributed by atoms with Crippen LogP contribution in [0, 0.1) is 0 Å². The molecule has 0 aromatic rings. The van der Waals surface area contributed by atoms with Gasteiger partial charge in [0.25, 0.3) is 5.60 Å². The summed E-state index contributed by atoms with van der Waals surface area (Å²) in [6.07, 6.45) is -17.5. The number of aliphatic hydroxyl groups is 1. The first kappa shape index (κ1) is 20.5. The van der Waals surface area contributed by atoms with Crippen LogP contribution >= 0.6 is 0 Å². The minimum absolute atomic E-state index is 0. The molecule has 0 fully saturated rings. The Morgan fingerprint density at radius 2 is 1.06 bits per heavy atom. The van der Waals surface area contributed by atoms with Crippen molar-refractivity contribution in [3.05, 3.63) is 0 Å². The molecule has 0 aromatic carbocycles. The largest absolute Gasteiger partial charge is 0.428 e. The van der Waals surface area contributed by atoms with Crippen molar-refractivity contribution in [3.63, 3.8) is 0 Å². The molecule has 0 saturated carbocycles. The van der Waals surface area contributed by atoms with Crippen LogP contribution in [-0.2, 0) is 4.74 Å². The van der Waals surface area contributed by atoms with Gasteiger partial charge in [-0.1, -0.05) is 0 Å². The Morgan fingerprint density at radius 1 is 0.722 bits per heavy atom. The summed E-state index contributed by atoms with van der Waals surface area (Å²) in [5, 5.41) is 8.34. The molecule has 0 unspecified atom stereocenters. The van der Waals surface area contributed by atoms with E-state index < -0.39 is 37.3 Å². The molecule has 0 aliphatic rings. The number of halogens is 9. The zero-order valence-corrected chi connectivity index (χ0v) is 11.5. The Bertz CT molecular complexity index is 241. The molecule has 0 rings (SSSR count). The van der Waals surface area contributed by atoms with Crippen LogP contribution < -0.4 is 0 Å². The molecule has 0 heterocycles. The molecule has 0 bridgehead atoms. The molecule has 0 amide bonds. The molecule has 0 aliphatic carbocycles. The second-order valence-electron chi connectivity index (χ2n) is 2.96. The van der Waals surface area contributed by atoms with E-state index in [0.717, 1.165) is 0 Å². The average molecular weight is 395 g/mol. The topological polar surface area (TPSA) is 29.5 Å². The van der Waals surface area contributed by atoms with E-state index in [2.05, 4.69) is 4.74 Å². The predicted octanol–water partition coefficient (Wildman–Crippen LogP) is 2.04. The Kier molecular flexibility index (Phi) is 6.91. The first-order valence-electron chi connectivity index (χ1n) is 3.71. The summed E-state index contributed by atoms with van der Waals surface area (Å²) in [5.74, 6) is 0. The van der Waals surface area contributed by atoms with Crippen molar-refractivity contribution in [1.82, 2.24) is 0 Å². The van der Waals surface area contributed by atoms with Gasteiger partial charge in [0, 0.05) is 25.8 Å². The molecule has 12 heteroatoms. The van der Waals surface area contributed by atoms with Gasteiger partial charge >= 0.3 is 18.5 Å². The van der Waals surface area contributed by atoms with Gasteiger partial charge in [0.05, 0.1) is 6.61 Å². The summed E-state index contributed by atoms with van der Waals surface area (Å²) in [7, 11) is 0. The molecule has 0 spiro atoms. The molecular weight excluding hydrogens is 390 g/mol. The third-order valence-corrected chi connectivity index (χ3v) is 1.51. The summed E-state index contributed by atoms with van der Waals surface area (Å²) >= 11 is 0. The van der Waals surface area contributed by atoms with E-state index in [4.69, 9.17) is 5.11 Å². The minimum Gasteiger partial charge on any atom is -0.372 e. The summed E-state index contributed by atoms with van der Waals surface area (Å²) in [4.78, 5) is 0. The van der Waals surface area contributed by atoms with E-state index in [9.17, 15) is 39.5 Å². The molecule has 3 radical (unpaired) electrons. The van der Waals surface area contributed by atoms with Crippen LogP contribution in [0.2, 0.25) is 0 Å². The summed E-state index contributed by atoms with van der Waals surface area (Å²) in [6.45, 7) is -4.92. The van der Waals surface area contributed by atoms with Gasteiger partial charge in [-0.15, -0.1) is 0 Å². The fourth-order valence-corrected chi connectivity index (χ4v) is 0.639. The Morgan fingerprint density at radius 3 is 1.28 bits per heavy atom. The zero-order valence-electron chi connectivity index (χ0n) is 8.25. The van der Waals surface area contributed by atoms with Crippen molar-refractivity contribution in [2.45, 2.75) is 24.1 Å². The number of alkyl halides is 9. The van der Waals surface area contributed by atoms with Gasteiger partial charge in [0.15, 0.2) is 0 Å². The molecule has 1 N–H and O–H groups in total. The summed E-state index contributed by atoms with van der Waals surface area (Å²) in [6, 6.07) is 0. The predicted molar refractivity (Wildman–Crippen MR) is 39.7 cm³/mol. The van der Waals surface area contributed by atoms with Crippen molar-refractivity contribution in [2.24, 2.45) is 0 Å². The molecule has 0 atom stereocenters. The van der Waals surface area contributed by atoms with E-state index in [1.807, 2.05) is 0 Å². The van der Waals surface area contributed by atoms with Crippen LogP contribution in [0.4, 0.5) is 39.5 Å². The molecule has 107 valence electrons. The second-order valence-corrected chi connectivity index (χ2v) is 2.96. The Hall–Kier alpha value is 0.160. The smallest absolute Gasteiger partial charge is 0.372 e. The fourth-order valence-electron chi connectivity index (χ4n) is 0.639. The van der Waals surface area contributed by atoms with Crippen molar-refractivity contribution in [1.29, 1.82) is 0 Å². The molecule has 0 aliphatic heterocycles. The maximum Gasteiger partial charge on any atom is 0.428 e. The third kappa shape index (κ3) is 5.43. The Labute approximate surface area is 113 Å². The van der Waals surface area contributed by atoms with E-state index in [1.54, 1.807) is 0 Å². The van der Waals surface area contributed by atoms with Gasteiger partial charge in [-0.05, 0) is 0 Å². The van der Waals surface area contributed by atoms with Crippen LogP contribution in [0.15, 0.2) is 0 Å². The molecule has 0 aromatic heterocycles. The number of hydrogen-bond acceptors (Lipinski definition) is 2. The third-order valence-electron chi connectivity index (χ3n) is 1.51. The van der Waals surface area contributed by atoms with E-state index in [0.29, 0.717) is 0 Å². The van der Waals surface area contributed by atoms with Gasteiger partial charge in [0.2, 0.25) is 0 Å². The maximum atomic E-state index is 11.9. The second kappa shape index (κ2) is 6.08. The van der Waals surface area contributed by atoms with Gasteiger partial charge < -0.3 is 9.84 Å². The average Bonchev–Trinajstić information content (AvgIpc) is 1.96. The molecular formula is C6H5F9InO2. The van der Waals surface area contributed by atoms with Gasteiger partial charge in [-0.25, -0.2) is 0 Å². The van der Waals surface area contributed by atoms with Crippen LogP contribution in [0.5, 0.6) is 0 Å². The van der Waals surface area contributed by atoms with Crippen molar-refractivity contribution >= 4 is 25.8 Å². The minimum atomic E-state index is -6.20. The standard InChI is InChI=1S/C6H5F9O2.In/c7-4(8,9)2-17-1-3(16,5(10,11)12)6(13,14)15;/h16H,1-2H2;. The monoisotopic (exact) mass is 395 g/mol.